The summed E-state index contributed by atoms with van der Waals surface area (Å²) >= 11 is 0. The van der Waals surface area contributed by atoms with Crippen LogP contribution in [-0.2, 0) is 6.42 Å². The van der Waals surface area contributed by atoms with E-state index in [1.165, 1.54) is 18.0 Å². The molecule has 0 bridgehead atoms. The van der Waals surface area contributed by atoms with E-state index in [-0.39, 0.29) is 11.7 Å². The van der Waals surface area contributed by atoms with Crippen LogP contribution in [0.25, 0.3) is 11.5 Å². The summed E-state index contributed by atoms with van der Waals surface area (Å²) in [7, 11) is 0. The second kappa shape index (κ2) is 9.57. The number of rotatable bonds is 10. The van der Waals surface area contributed by atoms with Gasteiger partial charge < -0.3 is 4.42 Å². The number of carbonyl (C=O) groups is 2. The van der Waals surface area contributed by atoms with E-state index in [4.69, 9.17) is 4.42 Å². The molecule has 3 rings (SSSR count). The van der Waals surface area contributed by atoms with Gasteiger partial charge in [0.2, 0.25) is 5.78 Å². The van der Waals surface area contributed by atoms with Crippen LogP contribution < -0.4 is 0 Å². The van der Waals surface area contributed by atoms with Crippen LogP contribution >= 0.6 is 0 Å². The lowest BCUT2D eigenvalue weighted by Gasteiger charge is -2.01. The topological polar surface area (TPSA) is 73.1 Å². The van der Waals surface area contributed by atoms with Crippen molar-refractivity contribution in [1.82, 2.24) is 9.97 Å². The molecule has 0 saturated carbocycles. The first-order valence-corrected chi connectivity index (χ1v) is 9.21. The fourth-order valence-electron chi connectivity index (χ4n) is 2.86. The first-order chi connectivity index (χ1) is 13.3. The highest BCUT2D eigenvalue weighted by Gasteiger charge is 2.14. The van der Waals surface area contributed by atoms with E-state index < -0.39 is 0 Å². The zero-order valence-corrected chi connectivity index (χ0v) is 15.1. The summed E-state index contributed by atoms with van der Waals surface area (Å²) in [4.78, 5) is 31.1. The molecule has 0 saturated heterocycles. The summed E-state index contributed by atoms with van der Waals surface area (Å²) in [5.41, 5.74) is 2.39. The van der Waals surface area contributed by atoms with E-state index in [1.807, 2.05) is 6.07 Å². The van der Waals surface area contributed by atoms with E-state index in [2.05, 4.69) is 34.2 Å². The molecule has 0 unspecified atom stereocenters. The van der Waals surface area contributed by atoms with E-state index in [1.54, 1.807) is 12.1 Å². The van der Waals surface area contributed by atoms with Crippen LogP contribution in [0.5, 0.6) is 0 Å². The molecule has 1 aromatic carbocycles. The number of ketones is 1. The Hall–Kier alpha value is -3.08. The minimum absolute atomic E-state index is 0.0891. The number of hydrogen-bond donors (Lipinski definition) is 0. The summed E-state index contributed by atoms with van der Waals surface area (Å²) in [6.07, 6.45) is 9.27. The van der Waals surface area contributed by atoms with Gasteiger partial charge in [-0.2, -0.15) is 0 Å². The second-order valence-corrected chi connectivity index (χ2v) is 6.45. The third-order valence-electron chi connectivity index (χ3n) is 4.38. The van der Waals surface area contributed by atoms with Crippen LogP contribution in [0.3, 0.4) is 0 Å². The third-order valence-corrected chi connectivity index (χ3v) is 4.38. The minimum Gasteiger partial charge on any atom is -0.432 e. The van der Waals surface area contributed by atoms with Crippen LogP contribution in [0.1, 0.15) is 58.7 Å². The predicted octanol–water partition coefficient (Wildman–Crippen LogP) is 4.93. The van der Waals surface area contributed by atoms with Gasteiger partial charge in [-0.3, -0.25) is 14.6 Å². The maximum atomic E-state index is 12.2. The molecule has 2 heterocycles. The van der Waals surface area contributed by atoms with Gasteiger partial charge in [0, 0.05) is 18.2 Å². The lowest BCUT2D eigenvalue weighted by molar-refractivity contribution is 0.0946. The molecule has 0 fully saturated rings. The number of hydrogen-bond acceptors (Lipinski definition) is 5. The summed E-state index contributed by atoms with van der Waals surface area (Å²) in [6, 6.07) is 13.8. The number of benzene rings is 1. The zero-order chi connectivity index (χ0) is 18.9. The summed E-state index contributed by atoms with van der Waals surface area (Å²) in [5, 5.41) is 0. The Morgan fingerprint density at radius 3 is 2.48 bits per heavy atom. The Balaban J connectivity index is 1.40. The number of carbonyl (C=O) groups excluding carboxylic acids is 2. The average molecular weight is 362 g/mol. The summed E-state index contributed by atoms with van der Waals surface area (Å²) in [6.45, 7) is 0. The SMILES string of the molecule is O=Cc1ccc(-c2cnc(C(=O)CCCCCCc3ccccc3)o2)nc1. The molecule has 5 nitrogen and oxygen atoms in total. The van der Waals surface area contributed by atoms with Gasteiger partial charge in [0.25, 0.3) is 5.89 Å². The highest BCUT2D eigenvalue weighted by Crippen LogP contribution is 2.19. The summed E-state index contributed by atoms with van der Waals surface area (Å²) in [5.74, 6) is 0.461. The largest absolute Gasteiger partial charge is 0.432 e. The van der Waals surface area contributed by atoms with Crippen molar-refractivity contribution < 1.29 is 14.0 Å². The lowest BCUT2D eigenvalue weighted by atomic mass is 10.0. The van der Waals surface area contributed by atoms with Crippen molar-refractivity contribution in [1.29, 1.82) is 0 Å². The molecule has 3 aromatic rings. The van der Waals surface area contributed by atoms with Crippen molar-refractivity contribution in [2.24, 2.45) is 0 Å². The molecular formula is C22H22N2O3. The van der Waals surface area contributed by atoms with Crippen molar-refractivity contribution in [3.05, 3.63) is 71.9 Å². The van der Waals surface area contributed by atoms with Gasteiger partial charge in [0.05, 0.1) is 6.20 Å². The highest BCUT2D eigenvalue weighted by molar-refractivity contribution is 5.91. The number of nitrogens with zero attached hydrogens (tertiary/aromatic N) is 2. The van der Waals surface area contributed by atoms with Crippen LogP contribution in [0.4, 0.5) is 0 Å². The first-order valence-electron chi connectivity index (χ1n) is 9.21. The van der Waals surface area contributed by atoms with Crippen molar-refractivity contribution in [3.8, 4) is 11.5 Å². The number of unbranched alkanes of at least 4 members (excludes halogenated alkanes) is 3. The molecule has 0 aliphatic heterocycles. The molecule has 2 aromatic heterocycles. The quantitative estimate of drug-likeness (QED) is 0.291. The van der Waals surface area contributed by atoms with E-state index in [0.29, 0.717) is 23.4 Å². The Kier molecular flexibility index (Phi) is 6.63. The molecule has 0 radical (unpaired) electrons. The molecule has 0 aliphatic carbocycles. The van der Waals surface area contributed by atoms with Crippen molar-refractivity contribution in [3.63, 3.8) is 0 Å². The Morgan fingerprint density at radius 2 is 1.74 bits per heavy atom. The number of aldehydes is 1. The number of aryl methyl sites for hydroxylation is 1. The fraction of sp³-hybridized carbons (Fsp3) is 0.273. The maximum absolute atomic E-state index is 12.2. The molecule has 0 aliphatic rings. The number of Topliss-reactive ketones (excluding diaryl/α,β-unsaturated/α-hetero) is 1. The molecule has 138 valence electrons. The van der Waals surface area contributed by atoms with Crippen LogP contribution in [-0.4, -0.2) is 22.0 Å². The molecule has 5 heteroatoms. The van der Waals surface area contributed by atoms with E-state index in [0.717, 1.165) is 38.4 Å². The molecule has 0 atom stereocenters. The van der Waals surface area contributed by atoms with Crippen LogP contribution in [0.15, 0.2) is 59.3 Å². The number of pyridine rings is 1. The second-order valence-electron chi connectivity index (χ2n) is 6.45. The average Bonchev–Trinajstić information content (AvgIpc) is 3.21. The van der Waals surface area contributed by atoms with Gasteiger partial charge in [-0.15, -0.1) is 0 Å². The molecule has 0 amide bonds. The fourth-order valence-corrected chi connectivity index (χ4v) is 2.86. The smallest absolute Gasteiger partial charge is 0.263 e. The van der Waals surface area contributed by atoms with Crippen LogP contribution in [0, 0.1) is 0 Å². The van der Waals surface area contributed by atoms with Crippen LogP contribution in [0.2, 0.25) is 0 Å². The van der Waals surface area contributed by atoms with Gasteiger partial charge in [0.1, 0.15) is 5.69 Å². The van der Waals surface area contributed by atoms with E-state index in [9.17, 15) is 9.59 Å². The Morgan fingerprint density at radius 1 is 0.926 bits per heavy atom. The lowest BCUT2D eigenvalue weighted by Crippen LogP contribution is -1.99. The maximum Gasteiger partial charge on any atom is 0.263 e. The van der Waals surface area contributed by atoms with Crippen molar-refractivity contribution >= 4 is 12.1 Å². The highest BCUT2D eigenvalue weighted by atomic mass is 16.4. The van der Waals surface area contributed by atoms with E-state index >= 15 is 0 Å². The van der Waals surface area contributed by atoms with Crippen molar-refractivity contribution in [2.45, 2.75) is 38.5 Å². The number of aromatic nitrogens is 2. The Labute approximate surface area is 158 Å². The van der Waals surface area contributed by atoms with Gasteiger partial charge in [0.15, 0.2) is 12.0 Å². The predicted molar refractivity (Wildman–Crippen MR) is 103 cm³/mol. The summed E-state index contributed by atoms with van der Waals surface area (Å²) < 4.78 is 5.53. The third kappa shape index (κ3) is 5.45. The molecule has 0 N–H and O–H groups in total. The van der Waals surface area contributed by atoms with Crippen molar-refractivity contribution in [2.75, 3.05) is 0 Å². The molecule has 0 spiro atoms. The van der Waals surface area contributed by atoms with Gasteiger partial charge in [-0.25, -0.2) is 4.98 Å². The van der Waals surface area contributed by atoms with Gasteiger partial charge >= 0.3 is 0 Å². The minimum atomic E-state index is -0.0891. The normalized spacial score (nSPS) is 10.7. The molecular weight excluding hydrogens is 340 g/mol. The Bertz CT molecular complexity index is 870. The standard InChI is InChI=1S/C22H22N2O3/c25-16-18-12-13-19(23-14-18)21-15-24-22(27-21)20(26)11-7-2-1-4-8-17-9-5-3-6-10-17/h3,5-6,9-10,12-16H,1-2,4,7-8,11H2. The van der Waals surface area contributed by atoms with Gasteiger partial charge in [-0.1, -0.05) is 43.2 Å². The zero-order valence-electron chi connectivity index (χ0n) is 15.1. The van der Waals surface area contributed by atoms with Gasteiger partial charge in [-0.05, 0) is 37.0 Å². The molecule has 27 heavy (non-hydrogen) atoms. The number of oxazole rings is 1. The monoisotopic (exact) mass is 362 g/mol. The first kappa shape index (κ1) is 18.7.